The van der Waals surface area contributed by atoms with Gasteiger partial charge < -0.3 is 10.5 Å². The third kappa shape index (κ3) is 2.45. The largest absolute Gasteiger partial charge is 0.494 e. The number of ether oxygens (including phenoxy) is 1. The van der Waals surface area contributed by atoms with Crippen LogP contribution >= 0.6 is 11.3 Å². The van der Waals surface area contributed by atoms with Crippen LogP contribution in [0.15, 0.2) is 23.6 Å². The molecule has 2 N–H and O–H groups in total. The topological polar surface area (TPSA) is 48.1 Å². The van der Waals surface area contributed by atoms with Gasteiger partial charge in [-0.15, -0.1) is 11.3 Å². The fourth-order valence-corrected chi connectivity index (χ4v) is 2.22. The highest BCUT2D eigenvalue weighted by atomic mass is 32.1. The van der Waals surface area contributed by atoms with E-state index in [4.69, 9.17) is 10.5 Å². The van der Waals surface area contributed by atoms with Gasteiger partial charge in [0.05, 0.1) is 23.9 Å². The number of aryl methyl sites for hydroxylation is 1. The molecule has 3 nitrogen and oxygen atoms in total. The van der Waals surface area contributed by atoms with Crippen molar-refractivity contribution in [2.24, 2.45) is 5.73 Å². The molecule has 2 aromatic rings. The SMILES string of the molecule is COc1ccc(C(N)c2csc(C)n2)cc1F. The van der Waals surface area contributed by atoms with E-state index in [0.29, 0.717) is 5.56 Å². The highest BCUT2D eigenvalue weighted by Gasteiger charge is 2.14. The van der Waals surface area contributed by atoms with Crippen molar-refractivity contribution in [1.29, 1.82) is 0 Å². The number of nitrogens with zero attached hydrogens (tertiary/aromatic N) is 1. The molecule has 1 atom stereocenters. The maximum Gasteiger partial charge on any atom is 0.165 e. The normalized spacial score (nSPS) is 12.5. The quantitative estimate of drug-likeness (QED) is 0.913. The van der Waals surface area contributed by atoms with Gasteiger partial charge in [0.25, 0.3) is 0 Å². The Morgan fingerprint density at radius 3 is 2.76 bits per heavy atom. The molecular weight excluding hydrogens is 239 g/mol. The van der Waals surface area contributed by atoms with Crippen molar-refractivity contribution in [3.05, 3.63) is 45.7 Å². The Balaban J connectivity index is 2.31. The molecule has 0 aliphatic carbocycles. The molecule has 17 heavy (non-hydrogen) atoms. The van der Waals surface area contributed by atoms with Crippen LogP contribution in [-0.4, -0.2) is 12.1 Å². The second-order valence-corrected chi connectivity index (χ2v) is 4.73. The molecule has 0 saturated carbocycles. The number of aromatic nitrogens is 1. The zero-order valence-electron chi connectivity index (χ0n) is 9.61. The van der Waals surface area contributed by atoms with Crippen molar-refractivity contribution >= 4 is 11.3 Å². The fourth-order valence-electron chi connectivity index (χ4n) is 1.57. The van der Waals surface area contributed by atoms with E-state index in [1.54, 1.807) is 12.1 Å². The van der Waals surface area contributed by atoms with Gasteiger partial charge in [-0.2, -0.15) is 0 Å². The summed E-state index contributed by atoms with van der Waals surface area (Å²) in [4.78, 5) is 4.30. The summed E-state index contributed by atoms with van der Waals surface area (Å²) in [7, 11) is 1.43. The van der Waals surface area contributed by atoms with E-state index < -0.39 is 11.9 Å². The van der Waals surface area contributed by atoms with E-state index in [2.05, 4.69) is 4.98 Å². The smallest absolute Gasteiger partial charge is 0.165 e. The Hall–Kier alpha value is -1.46. The van der Waals surface area contributed by atoms with Crippen LogP contribution in [0.2, 0.25) is 0 Å². The second kappa shape index (κ2) is 4.81. The predicted molar refractivity (Wildman–Crippen MR) is 65.8 cm³/mol. The molecule has 0 bridgehead atoms. The predicted octanol–water partition coefficient (Wildman–Crippen LogP) is 2.65. The fraction of sp³-hybridized carbons (Fsp3) is 0.250. The van der Waals surface area contributed by atoms with Crippen LogP contribution in [0.4, 0.5) is 4.39 Å². The highest BCUT2D eigenvalue weighted by molar-refractivity contribution is 7.09. The van der Waals surface area contributed by atoms with Gasteiger partial charge in [0.15, 0.2) is 11.6 Å². The number of rotatable bonds is 3. The number of hydrogen-bond donors (Lipinski definition) is 1. The van der Waals surface area contributed by atoms with Crippen LogP contribution in [0.3, 0.4) is 0 Å². The van der Waals surface area contributed by atoms with Gasteiger partial charge in [0.2, 0.25) is 0 Å². The molecule has 0 amide bonds. The highest BCUT2D eigenvalue weighted by Crippen LogP contribution is 2.25. The Morgan fingerprint density at radius 1 is 1.47 bits per heavy atom. The lowest BCUT2D eigenvalue weighted by molar-refractivity contribution is 0.386. The maximum absolute atomic E-state index is 13.5. The van der Waals surface area contributed by atoms with Crippen LogP contribution in [0.5, 0.6) is 5.75 Å². The van der Waals surface area contributed by atoms with Crippen LogP contribution in [0, 0.1) is 12.7 Å². The minimum Gasteiger partial charge on any atom is -0.494 e. The van der Waals surface area contributed by atoms with E-state index >= 15 is 0 Å². The van der Waals surface area contributed by atoms with Gasteiger partial charge in [-0.05, 0) is 24.6 Å². The summed E-state index contributed by atoms with van der Waals surface area (Å²) in [5, 5.41) is 2.84. The number of halogens is 1. The van der Waals surface area contributed by atoms with Gasteiger partial charge in [-0.3, -0.25) is 0 Å². The average Bonchev–Trinajstić information content (AvgIpc) is 2.75. The van der Waals surface area contributed by atoms with Crippen molar-refractivity contribution in [3.8, 4) is 5.75 Å². The first-order valence-electron chi connectivity index (χ1n) is 5.13. The number of methoxy groups -OCH3 is 1. The van der Waals surface area contributed by atoms with Gasteiger partial charge in [-0.1, -0.05) is 6.07 Å². The molecular formula is C12H13FN2OS. The molecule has 1 aromatic heterocycles. The first-order valence-corrected chi connectivity index (χ1v) is 6.01. The molecule has 0 saturated heterocycles. The lowest BCUT2D eigenvalue weighted by Gasteiger charge is -2.10. The molecule has 0 radical (unpaired) electrons. The van der Waals surface area contributed by atoms with Crippen molar-refractivity contribution in [1.82, 2.24) is 4.98 Å². The Bertz CT molecular complexity index is 527. The minimum atomic E-state index is -0.410. The number of benzene rings is 1. The molecule has 5 heteroatoms. The molecule has 0 fully saturated rings. The lowest BCUT2D eigenvalue weighted by atomic mass is 10.1. The number of hydrogen-bond acceptors (Lipinski definition) is 4. The van der Waals surface area contributed by atoms with Gasteiger partial charge in [-0.25, -0.2) is 9.37 Å². The third-order valence-corrected chi connectivity index (χ3v) is 3.28. The first-order chi connectivity index (χ1) is 8.11. The van der Waals surface area contributed by atoms with E-state index in [0.717, 1.165) is 10.7 Å². The molecule has 1 heterocycles. The van der Waals surface area contributed by atoms with Crippen LogP contribution in [-0.2, 0) is 0 Å². The van der Waals surface area contributed by atoms with Gasteiger partial charge in [0.1, 0.15) is 0 Å². The Kier molecular flexibility index (Phi) is 3.40. The minimum absolute atomic E-state index is 0.218. The van der Waals surface area contributed by atoms with Crippen molar-refractivity contribution in [3.63, 3.8) is 0 Å². The van der Waals surface area contributed by atoms with E-state index in [1.165, 1.54) is 24.5 Å². The van der Waals surface area contributed by atoms with Crippen molar-refractivity contribution in [2.75, 3.05) is 7.11 Å². The second-order valence-electron chi connectivity index (χ2n) is 3.66. The lowest BCUT2D eigenvalue weighted by Crippen LogP contribution is -2.12. The zero-order chi connectivity index (χ0) is 12.4. The van der Waals surface area contributed by atoms with Gasteiger partial charge in [0, 0.05) is 5.38 Å². The Labute approximate surface area is 103 Å². The molecule has 2 rings (SSSR count). The summed E-state index contributed by atoms with van der Waals surface area (Å²) in [6.07, 6.45) is 0. The Morgan fingerprint density at radius 2 is 2.24 bits per heavy atom. The van der Waals surface area contributed by atoms with E-state index in [9.17, 15) is 4.39 Å². The summed E-state index contributed by atoms with van der Waals surface area (Å²) >= 11 is 1.53. The van der Waals surface area contributed by atoms with Crippen LogP contribution in [0.1, 0.15) is 22.3 Å². The summed E-state index contributed by atoms with van der Waals surface area (Å²) < 4.78 is 18.4. The van der Waals surface area contributed by atoms with E-state index in [-0.39, 0.29) is 5.75 Å². The average molecular weight is 252 g/mol. The van der Waals surface area contributed by atoms with Crippen molar-refractivity contribution < 1.29 is 9.13 Å². The molecule has 1 unspecified atom stereocenters. The third-order valence-electron chi connectivity index (χ3n) is 2.49. The monoisotopic (exact) mass is 252 g/mol. The molecule has 0 aliphatic heterocycles. The maximum atomic E-state index is 13.5. The first kappa shape index (κ1) is 12.0. The standard InChI is InChI=1S/C12H13FN2OS/c1-7-15-10(6-17-7)12(14)8-3-4-11(16-2)9(13)5-8/h3-6,12H,14H2,1-2H3. The number of thiazole rings is 1. The molecule has 0 spiro atoms. The van der Waals surface area contributed by atoms with E-state index in [1.807, 2.05) is 12.3 Å². The van der Waals surface area contributed by atoms with Crippen molar-refractivity contribution in [2.45, 2.75) is 13.0 Å². The van der Waals surface area contributed by atoms with Crippen LogP contribution in [0.25, 0.3) is 0 Å². The summed E-state index contributed by atoms with van der Waals surface area (Å²) in [6, 6.07) is 4.31. The molecule has 90 valence electrons. The van der Waals surface area contributed by atoms with Gasteiger partial charge >= 0.3 is 0 Å². The van der Waals surface area contributed by atoms with Crippen LogP contribution < -0.4 is 10.5 Å². The number of nitrogens with two attached hydrogens (primary N) is 1. The summed E-state index contributed by atoms with van der Waals surface area (Å²) in [6.45, 7) is 1.91. The summed E-state index contributed by atoms with van der Waals surface area (Å²) in [5.74, 6) is -0.192. The molecule has 0 aliphatic rings. The summed E-state index contributed by atoms with van der Waals surface area (Å²) in [5.41, 5.74) is 7.48. The zero-order valence-corrected chi connectivity index (χ0v) is 10.4. The molecule has 1 aromatic carbocycles.